The summed E-state index contributed by atoms with van der Waals surface area (Å²) >= 11 is 0. The van der Waals surface area contributed by atoms with Gasteiger partial charge in [0.1, 0.15) is 5.82 Å². The van der Waals surface area contributed by atoms with E-state index in [2.05, 4.69) is 15.6 Å². The van der Waals surface area contributed by atoms with E-state index in [1.54, 1.807) is 31.5 Å². The number of methoxy groups -OCH3 is 1. The lowest BCUT2D eigenvalue weighted by atomic mass is 9.81. The average molecular weight is 368 g/mol. The number of anilines is 2. The number of nitrogens with zero attached hydrogens (tertiary/aromatic N) is 1. The largest absolute Gasteiger partial charge is 0.381 e. The summed E-state index contributed by atoms with van der Waals surface area (Å²) in [5.74, 6) is 0.0683. The zero-order chi connectivity index (χ0) is 19.4. The molecular weight excluding hydrogens is 344 g/mol. The van der Waals surface area contributed by atoms with Crippen LogP contribution < -0.4 is 16.4 Å². The minimum Gasteiger partial charge on any atom is -0.381 e. The van der Waals surface area contributed by atoms with E-state index in [-0.39, 0.29) is 17.9 Å². The van der Waals surface area contributed by atoms with Crippen molar-refractivity contribution in [2.45, 2.75) is 32.4 Å². The molecule has 1 aliphatic rings. The molecule has 1 aromatic carbocycles. The van der Waals surface area contributed by atoms with Crippen molar-refractivity contribution in [2.24, 2.45) is 11.7 Å². The summed E-state index contributed by atoms with van der Waals surface area (Å²) in [6.45, 7) is 2.50. The first kappa shape index (κ1) is 18.8. The van der Waals surface area contributed by atoms with Gasteiger partial charge in [-0.05, 0) is 49.1 Å². The SMILES string of the molecule is COC1CC(C(=O)Nc2ccc(CNc3cc(C(N)=O)ccc3C)cn2)C1. The Labute approximate surface area is 158 Å². The number of carbonyl (C=O) groups excluding carboxylic acids is 2. The number of pyridine rings is 1. The predicted molar refractivity (Wildman–Crippen MR) is 103 cm³/mol. The van der Waals surface area contributed by atoms with Crippen molar-refractivity contribution < 1.29 is 14.3 Å². The van der Waals surface area contributed by atoms with Crippen molar-refractivity contribution in [2.75, 3.05) is 17.7 Å². The molecule has 2 aromatic rings. The Kier molecular flexibility index (Phi) is 5.71. The van der Waals surface area contributed by atoms with Crippen molar-refractivity contribution in [1.29, 1.82) is 0 Å². The van der Waals surface area contributed by atoms with Gasteiger partial charge in [0.15, 0.2) is 0 Å². The zero-order valence-corrected chi connectivity index (χ0v) is 15.5. The van der Waals surface area contributed by atoms with Crippen LogP contribution in [0.2, 0.25) is 0 Å². The molecule has 0 aliphatic heterocycles. The zero-order valence-electron chi connectivity index (χ0n) is 15.5. The van der Waals surface area contributed by atoms with Gasteiger partial charge in [-0.1, -0.05) is 12.1 Å². The van der Waals surface area contributed by atoms with Crippen LogP contribution in [0.3, 0.4) is 0 Å². The first-order valence-electron chi connectivity index (χ1n) is 8.89. The smallest absolute Gasteiger partial charge is 0.248 e. The minimum absolute atomic E-state index is 0.00130. The lowest BCUT2D eigenvalue weighted by Crippen LogP contribution is -2.38. The highest BCUT2D eigenvalue weighted by atomic mass is 16.5. The third kappa shape index (κ3) is 4.62. The van der Waals surface area contributed by atoms with Crippen molar-refractivity contribution in [1.82, 2.24) is 4.98 Å². The molecule has 0 atom stereocenters. The number of hydrogen-bond donors (Lipinski definition) is 3. The Morgan fingerprint density at radius 3 is 2.67 bits per heavy atom. The van der Waals surface area contributed by atoms with E-state index in [0.29, 0.717) is 17.9 Å². The molecule has 1 heterocycles. The third-order valence-electron chi connectivity index (χ3n) is 4.88. The molecule has 0 saturated heterocycles. The monoisotopic (exact) mass is 368 g/mol. The van der Waals surface area contributed by atoms with Crippen molar-refractivity contribution in [3.8, 4) is 0 Å². The standard InChI is InChI=1S/C20H24N4O3/c1-12-3-5-14(19(21)25)9-17(12)22-10-13-4-6-18(23-11-13)24-20(26)15-7-16(8-15)27-2/h3-6,9,11,15-16,22H,7-8,10H2,1-2H3,(H2,21,25)(H,23,24,26). The highest BCUT2D eigenvalue weighted by Gasteiger charge is 2.34. The fourth-order valence-electron chi connectivity index (χ4n) is 2.97. The van der Waals surface area contributed by atoms with Gasteiger partial charge in [-0.3, -0.25) is 9.59 Å². The van der Waals surface area contributed by atoms with Gasteiger partial charge in [0.25, 0.3) is 0 Å². The van der Waals surface area contributed by atoms with Gasteiger partial charge in [-0.2, -0.15) is 0 Å². The van der Waals surface area contributed by atoms with Crippen LogP contribution >= 0.6 is 0 Å². The maximum absolute atomic E-state index is 12.1. The van der Waals surface area contributed by atoms with E-state index in [9.17, 15) is 9.59 Å². The Balaban J connectivity index is 1.54. The summed E-state index contributed by atoms with van der Waals surface area (Å²) in [5.41, 5.74) is 8.62. The van der Waals surface area contributed by atoms with Crippen LogP contribution in [0.25, 0.3) is 0 Å². The van der Waals surface area contributed by atoms with E-state index in [0.717, 1.165) is 29.7 Å². The van der Waals surface area contributed by atoms with Crippen molar-refractivity contribution in [3.63, 3.8) is 0 Å². The number of hydrogen-bond acceptors (Lipinski definition) is 5. The van der Waals surface area contributed by atoms with E-state index < -0.39 is 5.91 Å². The molecule has 142 valence electrons. The molecular formula is C20H24N4O3. The van der Waals surface area contributed by atoms with Gasteiger partial charge < -0.3 is 21.1 Å². The highest BCUT2D eigenvalue weighted by molar-refractivity contribution is 5.94. The van der Waals surface area contributed by atoms with Gasteiger partial charge >= 0.3 is 0 Å². The molecule has 1 fully saturated rings. The van der Waals surface area contributed by atoms with Crippen LogP contribution in [0.15, 0.2) is 36.5 Å². The van der Waals surface area contributed by atoms with Gasteiger partial charge in [-0.25, -0.2) is 4.98 Å². The van der Waals surface area contributed by atoms with Gasteiger partial charge in [0, 0.05) is 37.0 Å². The van der Waals surface area contributed by atoms with Crippen LogP contribution in [0, 0.1) is 12.8 Å². The summed E-state index contributed by atoms with van der Waals surface area (Å²) < 4.78 is 5.20. The maximum atomic E-state index is 12.1. The highest BCUT2D eigenvalue weighted by Crippen LogP contribution is 2.30. The summed E-state index contributed by atoms with van der Waals surface area (Å²) in [5, 5.41) is 6.12. The number of amides is 2. The Hall–Kier alpha value is -2.93. The Bertz CT molecular complexity index is 830. The molecule has 1 aromatic heterocycles. The number of nitrogens with two attached hydrogens (primary N) is 1. The first-order chi connectivity index (χ1) is 13.0. The molecule has 4 N–H and O–H groups in total. The Morgan fingerprint density at radius 2 is 2.04 bits per heavy atom. The van der Waals surface area contributed by atoms with E-state index in [4.69, 9.17) is 10.5 Å². The van der Waals surface area contributed by atoms with Gasteiger partial charge in [0.05, 0.1) is 6.10 Å². The number of nitrogens with one attached hydrogen (secondary N) is 2. The molecule has 27 heavy (non-hydrogen) atoms. The van der Waals surface area contributed by atoms with E-state index in [1.165, 1.54) is 0 Å². The van der Waals surface area contributed by atoms with Gasteiger partial charge in [-0.15, -0.1) is 0 Å². The van der Waals surface area contributed by atoms with Crippen LogP contribution in [0.1, 0.15) is 34.3 Å². The van der Waals surface area contributed by atoms with Gasteiger partial charge in [0.2, 0.25) is 11.8 Å². The number of rotatable bonds is 7. The summed E-state index contributed by atoms with van der Waals surface area (Å²) in [4.78, 5) is 27.7. The van der Waals surface area contributed by atoms with Crippen LogP contribution in [0.4, 0.5) is 11.5 Å². The number of aromatic nitrogens is 1. The number of ether oxygens (including phenoxy) is 1. The second-order valence-electron chi connectivity index (χ2n) is 6.81. The lowest BCUT2D eigenvalue weighted by Gasteiger charge is -2.32. The fourth-order valence-corrected chi connectivity index (χ4v) is 2.97. The normalized spacial score (nSPS) is 18.4. The molecule has 1 aliphatic carbocycles. The number of primary amides is 1. The predicted octanol–water partition coefficient (Wildman–Crippen LogP) is 2.46. The lowest BCUT2D eigenvalue weighted by molar-refractivity contribution is -0.127. The quantitative estimate of drug-likeness (QED) is 0.696. The van der Waals surface area contributed by atoms with Crippen molar-refractivity contribution >= 4 is 23.3 Å². The molecule has 0 spiro atoms. The summed E-state index contributed by atoms with van der Waals surface area (Å²) in [6, 6.07) is 8.99. The molecule has 0 unspecified atom stereocenters. The number of benzene rings is 1. The third-order valence-corrected chi connectivity index (χ3v) is 4.88. The summed E-state index contributed by atoms with van der Waals surface area (Å²) in [6.07, 6.45) is 3.43. The molecule has 0 radical (unpaired) electrons. The second kappa shape index (κ2) is 8.18. The summed E-state index contributed by atoms with van der Waals surface area (Å²) in [7, 11) is 1.67. The molecule has 0 bridgehead atoms. The second-order valence-corrected chi connectivity index (χ2v) is 6.81. The molecule has 1 saturated carbocycles. The van der Waals surface area contributed by atoms with Crippen LogP contribution in [-0.4, -0.2) is 30.0 Å². The minimum atomic E-state index is -0.455. The van der Waals surface area contributed by atoms with Crippen molar-refractivity contribution in [3.05, 3.63) is 53.2 Å². The Morgan fingerprint density at radius 1 is 1.26 bits per heavy atom. The van der Waals surface area contributed by atoms with E-state index >= 15 is 0 Å². The van der Waals surface area contributed by atoms with Crippen LogP contribution in [-0.2, 0) is 16.1 Å². The number of carbonyl (C=O) groups is 2. The maximum Gasteiger partial charge on any atom is 0.248 e. The first-order valence-corrected chi connectivity index (χ1v) is 8.89. The topological polar surface area (TPSA) is 106 Å². The average Bonchev–Trinajstić information content (AvgIpc) is 2.61. The molecule has 7 heteroatoms. The molecule has 2 amide bonds. The fraction of sp³-hybridized carbons (Fsp3) is 0.350. The van der Waals surface area contributed by atoms with E-state index in [1.807, 2.05) is 19.1 Å². The molecule has 3 rings (SSSR count). The molecule has 7 nitrogen and oxygen atoms in total. The van der Waals surface area contributed by atoms with Crippen LogP contribution in [0.5, 0.6) is 0 Å². The number of aryl methyl sites for hydroxylation is 1.